The van der Waals surface area contributed by atoms with E-state index in [4.69, 9.17) is 4.42 Å². The molecule has 0 amide bonds. The molecule has 45 heavy (non-hydrogen) atoms. The molecule has 0 radical (unpaired) electrons. The highest BCUT2D eigenvalue weighted by atomic mass is 32.1. The Morgan fingerprint density at radius 2 is 0.978 bits per heavy atom. The maximum absolute atomic E-state index is 6.42. The third kappa shape index (κ3) is 2.94. The summed E-state index contributed by atoms with van der Waals surface area (Å²) in [5.74, 6) is 0. The molecule has 3 heteroatoms. The number of hydrogen-bond donors (Lipinski definition) is 0. The van der Waals surface area contributed by atoms with Gasteiger partial charge in [0.1, 0.15) is 11.2 Å². The van der Waals surface area contributed by atoms with E-state index in [1.165, 1.54) is 74.3 Å². The summed E-state index contributed by atoms with van der Waals surface area (Å²) in [5, 5.41) is 15.4. The standard InChI is InChI=1S/C42H23NOS/c1-3-14-26-24(12-1)25-13-2-4-15-27(25)38-37(26)39-28-16-5-8-19-31(28)43(41(39)42-40(38)30-18-7-10-23-35(30)45-42)32-20-11-22-34-36(32)29-17-6-9-21-33(29)44-34/h1-23H. The molecule has 0 unspecified atom stereocenters. The predicted octanol–water partition coefficient (Wildman–Crippen LogP) is 12.5. The minimum Gasteiger partial charge on any atom is -0.456 e. The van der Waals surface area contributed by atoms with Gasteiger partial charge in [0.05, 0.1) is 26.8 Å². The molecular weight excluding hydrogens is 567 g/mol. The molecule has 2 nitrogen and oxygen atoms in total. The molecular formula is C42H23NOS. The third-order valence-corrected chi connectivity index (χ3v) is 10.9. The number of nitrogens with zero attached hydrogens (tertiary/aromatic N) is 1. The fourth-order valence-electron chi connectivity index (χ4n) is 8.02. The minimum absolute atomic E-state index is 0.907. The lowest BCUT2D eigenvalue weighted by Gasteiger charge is -2.15. The quantitative estimate of drug-likeness (QED) is 0.174. The molecule has 0 aliphatic heterocycles. The second-order valence-electron chi connectivity index (χ2n) is 12.0. The molecule has 3 aromatic heterocycles. The molecule has 0 spiro atoms. The van der Waals surface area contributed by atoms with Crippen LogP contribution < -0.4 is 0 Å². The van der Waals surface area contributed by atoms with Crippen LogP contribution >= 0.6 is 11.3 Å². The van der Waals surface area contributed by atoms with Gasteiger partial charge >= 0.3 is 0 Å². The van der Waals surface area contributed by atoms with E-state index in [2.05, 4.69) is 138 Å². The van der Waals surface area contributed by atoms with Gasteiger partial charge in [0.25, 0.3) is 0 Å². The molecule has 0 fully saturated rings. The number of hydrogen-bond acceptors (Lipinski definition) is 2. The Bertz CT molecular complexity index is 3050. The van der Waals surface area contributed by atoms with Crippen LogP contribution in [-0.4, -0.2) is 4.57 Å². The van der Waals surface area contributed by atoms with E-state index in [1.807, 2.05) is 17.4 Å². The smallest absolute Gasteiger partial charge is 0.137 e. The highest BCUT2D eigenvalue weighted by Gasteiger charge is 2.25. The number of aromatic nitrogens is 1. The zero-order valence-electron chi connectivity index (χ0n) is 24.0. The second-order valence-corrected chi connectivity index (χ2v) is 13.0. The monoisotopic (exact) mass is 589 g/mol. The lowest BCUT2D eigenvalue weighted by atomic mass is 9.89. The molecule has 0 bridgehead atoms. The molecule has 0 atom stereocenters. The topological polar surface area (TPSA) is 18.1 Å². The molecule has 8 aromatic carbocycles. The molecule has 208 valence electrons. The summed E-state index contributed by atoms with van der Waals surface area (Å²) in [6.45, 7) is 0. The molecule has 0 saturated heterocycles. The zero-order chi connectivity index (χ0) is 29.2. The lowest BCUT2D eigenvalue weighted by molar-refractivity contribution is 0.669. The van der Waals surface area contributed by atoms with Crippen LogP contribution in [0, 0.1) is 0 Å². The molecule has 0 aliphatic carbocycles. The summed E-state index contributed by atoms with van der Waals surface area (Å²) in [5.41, 5.74) is 5.43. The summed E-state index contributed by atoms with van der Waals surface area (Å²) in [6, 6.07) is 50.7. The van der Waals surface area contributed by atoms with Gasteiger partial charge < -0.3 is 8.98 Å². The van der Waals surface area contributed by atoms with Crippen molar-refractivity contribution in [3.63, 3.8) is 0 Å². The van der Waals surface area contributed by atoms with Gasteiger partial charge in [-0.25, -0.2) is 0 Å². The summed E-state index contributed by atoms with van der Waals surface area (Å²) >= 11 is 1.91. The van der Waals surface area contributed by atoms with Gasteiger partial charge in [-0.05, 0) is 51.9 Å². The van der Waals surface area contributed by atoms with Crippen LogP contribution in [0.2, 0.25) is 0 Å². The second kappa shape index (κ2) is 8.50. The van der Waals surface area contributed by atoms with Gasteiger partial charge in [0.15, 0.2) is 0 Å². The van der Waals surface area contributed by atoms with Gasteiger partial charge in [-0.2, -0.15) is 0 Å². The molecule has 0 aliphatic rings. The van der Waals surface area contributed by atoms with Gasteiger partial charge in [-0.1, -0.05) is 109 Å². The van der Waals surface area contributed by atoms with Gasteiger partial charge in [-0.15, -0.1) is 11.3 Å². The first kappa shape index (κ1) is 23.8. The van der Waals surface area contributed by atoms with Crippen molar-refractivity contribution in [2.75, 3.05) is 0 Å². The van der Waals surface area contributed by atoms with Crippen LogP contribution in [-0.2, 0) is 0 Å². The minimum atomic E-state index is 0.907. The van der Waals surface area contributed by atoms with E-state index < -0.39 is 0 Å². The largest absolute Gasteiger partial charge is 0.456 e. The van der Waals surface area contributed by atoms with Crippen molar-refractivity contribution in [1.82, 2.24) is 4.57 Å². The van der Waals surface area contributed by atoms with Gasteiger partial charge in [-0.3, -0.25) is 0 Å². The number of furan rings is 1. The van der Waals surface area contributed by atoms with Crippen LogP contribution in [0.3, 0.4) is 0 Å². The van der Waals surface area contributed by atoms with Crippen LogP contribution in [0.5, 0.6) is 0 Å². The van der Waals surface area contributed by atoms with E-state index in [0.717, 1.165) is 27.6 Å². The Hall–Kier alpha value is -5.64. The predicted molar refractivity (Wildman–Crippen MR) is 193 cm³/mol. The van der Waals surface area contributed by atoms with Crippen molar-refractivity contribution in [2.24, 2.45) is 0 Å². The summed E-state index contributed by atoms with van der Waals surface area (Å²) in [4.78, 5) is 0. The highest BCUT2D eigenvalue weighted by Crippen LogP contribution is 2.52. The van der Waals surface area contributed by atoms with Crippen molar-refractivity contribution < 1.29 is 4.42 Å². The van der Waals surface area contributed by atoms with E-state index in [9.17, 15) is 0 Å². The van der Waals surface area contributed by atoms with Crippen molar-refractivity contribution >= 4 is 108 Å². The van der Waals surface area contributed by atoms with Crippen molar-refractivity contribution in [3.05, 3.63) is 140 Å². The average molecular weight is 590 g/mol. The number of benzene rings is 8. The highest BCUT2D eigenvalue weighted by molar-refractivity contribution is 7.27. The Morgan fingerprint density at radius 1 is 0.400 bits per heavy atom. The molecule has 11 aromatic rings. The maximum Gasteiger partial charge on any atom is 0.137 e. The first-order chi connectivity index (χ1) is 22.4. The lowest BCUT2D eigenvalue weighted by Crippen LogP contribution is -1.95. The van der Waals surface area contributed by atoms with E-state index in [1.54, 1.807) is 0 Å². The zero-order valence-corrected chi connectivity index (χ0v) is 24.9. The van der Waals surface area contributed by atoms with Crippen LogP contribution in [0.15, 0.2) is 144 Å². The number of fused-ring (bicyclic) bond motifs is 18. The third-order valence-electron chi connectivity index (χ3n) is 9.74. The summed E-state index contributed by atoms with van der Waals surface area (Å²) in [7, 11) is 0. The Kier molecular flexibility index (Phi) is 4.49. The molecule has 0 N–H and O–H groups in total. The number of para-hydroxylation sites is 2. The number of rotatable bonds is 1. The molecule has 3 heterocycles. The first-order valence-corrected chi connectivity index (χ1v) is 16.2. The van der Waals surface area contributed by atoms with Crippen molar-refractivity contribution in [3.8, 4) is 5.69 Å². The Balaban J connectivity index is 1.53. The molecule has 0 saturated carbocycles. The molecule has 11 rings (SSSR count). The maximum atomic E-state index is 6.42. The van der Waals surface area contributed by atoms with Crippen molar-refractivity contribution in [2.45, 2.75) is 0 Å². The van der Waals surface area contributed by atoms with Crippen molar-refractivity contribution in [1.29, 1.82) is 0 Å². The van der Waals surface area contributed by atoms with Crippen LogP contribution in [0.4, 0.5) is 0 Å². The Labute approximate surface area is 260 Å². The van der Waals surface area contributed by atoms with Crippen LogP contribution in [0.25, 0.3) is 102 Å². The fraction of sp³-hybridized carbons (Fsp3) is 0. The normalized spacial score (nSPS) is 12.4. The Morgan fingerprint density at radius 3 is 1.76 bits per heavy atom. The number of thiophene rings is 1. The van der Waals surface area contributed by atoms with Gasteiger partial charge in [0, 0.05) is 42.4 Å². The first-order valence-electron chi connectivity index (χ1n) is 15.4. The van der Waals surface area contributed by atoms with E-state index in [0.29, 0.717) is 0 Å². The SMILES string of the molecule is c1ccc2c(c1)oc1cccc(-n3c4ccccc4c4c5c6ccccc6c6ccccc6c5c5c6ccccc6sc5c43)c12. The van der Waals surface area contributed by atoms with Crippen LogP contribution in [0.1, 0.15) is 0 Å². The summed E-state index contributed by atoms with van der Waals surface area (Å²) < 4.78 is 11.6. The average Bonchev–Trinajstić information content (AvgIpc) is 3.78. The summed E-state index contributed by atoms with van der Waals surface area (Å²) in [6.07, 6.45) is 0. The van der Waals surface area contributed by atoms with E-state index >= 15 is 0 Å². The van der Waals surface area contributed by atoms with Gasteiger partial charge in [0.2, 0.25) is 0 Å². The van der Waals surface area contributed by atoms with E-state index in [-0.39, 0.29) is 0 Å². The fourth-order valence-corrected chi connectivity index (χ4v) is 9.27.